The Morgan fingerprint density at radius 1 is 1.16 bits per heavy atom. The van der Waals surface area contributed by atoms with Crippen molar-refractivity contribution in [2.75, 3.05) is 26.8 Å². The van der Waals surface area contributed by atoms with Crippen LogP contribution in [0.25, 0.3) is 0 Å². The number of likely N-dealkylation sites (tertiary alicyclic amines) is 1. The van der Waals surface area contributed by atoms with Crippen LogP contribution in [-0.2, 0) is 28.7 Å². The van der Waals surface area contributed by atoms with Crippen molar-refractivity contribution in [2.45, 2.75) is 45.6 Å². The number of nitrogens with zero attached hydrogens (tertiary/aromatic N) is 2. The lowest BCUT2D eigenvalue weighted by Gasteiger charge is -2.37. The lowest BCUT2D eigenvalue weighted by molar-refractivity contribution is -0.195. The highest BCUT2D eigenvalue weighted by Gasteiger charge is 2.54. The van der Waals surface area contributed by atoms with Crippen molar-refractivity contribution < 1.29 is 33.5 Å². The Hall–Kier alpha value is -2.16. The number of hydroxylamine groups is 2. The Balaban J connectivity index is 1.96. The van der Waals surface area contributed by atoms with Crippen molar-refractivity contribution in [1.29, 1.82) is 0 Å². The van der Waals surface area contributed by atoms with Crippen molar-refractivity contribution in [3.63, 3.8) is 0 Å². The van der Waals surface area contributed by atoms with Crippen LogP contribution in [0.3, 0.4) is 0 Å². The second-order valence-electron chi connectivity index (χ2n) is 7.27. The highest BCUT2D eigenvalue weighted by Crippen LogP contribution is 2.42. The molecule has 0 aromatic rings. The monoisotopic (exact) mass is 356 g/mol. The Labute approximate surface area is 146 Å². The van der Waals surface area contributed by atoms with Gasteiger partial charge in [-0.2, -0.15) is 5.06 Å². The van der Waals surface area contributed by atoms with Gasteiger partial charge in [0.15, 0.2) is 6.61 Å². The summed E-state index contributed by atoms with van der Waals surface area (Å²) in [5, 5.41) is 0.653. The van der Waals surface area contributed by atoms with Gasteiger partial charge in [0, 0.05) is 19.5 Å². The molecule has 0 N–H and O–H groups in total. The third-order valence-corrected chi connectivity index (χ3v) is 4.27. The summed E-state index contributed by atoms with van der Waals surface area (Å²) >= 11 is 0. The molecule has 25 heavy (non-hydrogen) atoms. The quantitative estimate of drug-likeness (QED) is 0.546. The first kappa shape index (κ1) is 19.2. The molecular formula is C16H24N2O7. The van der Waals surface area contributed by atoms with Crippen LogP contribution in [0.5, 0.6) is 0 Å². The Morgan fingerprint density at radius 3 is 2.28 bits per heavy atom. The number of carbonyl (C=O) groups is 4. The fraction of sp³-hybridized carbons (Fsp3) is 0.750. The minimum atomic E-state index is -0.883. The maximum atomic E-state index is 12.6. The van der Waals surface area contributed by atoms with E-state index in [1.165, 1.54) is 12.0 Å². The topological polar surface area (TPSA) is 102 Å². The largest absolute Gasteiger partial charge is 0.467 e. The zero-order valence-corrected chi connectivity index (χ0v) is 15.0. The van der Waals surface area contributed by atoms with Crippen molar-refractivity contribution in [3.8, 4) is 0 Å². The fourth-order valence-electron chi connectivity index (χ4n) is 2.91. The molecule has 1 spiro atoms. The number of hydrogen-bond acceptors (Lipinski definition) is 7. The molecule has 0 aromatic carbocycles. The molecule has 2 rings (SSSR count). The molecule has 2 fully saturated rings. The highest BCUT2D eigenvalue weighted by molar-refractivity contribution is 6.05. The molecule has 9 nitrogen and oxygen atoms in total. The van der Waals surface area contributed by atoms with E-state index in [1.54, 1.807) is 20.8 Å². The molecule has 0 atom stereocenters. The van der Waals surface area contributed by atoms with E-state index in [0.29, 0.717) is 31.0 Å². The minimum absolute atomic E-state index is 0.00909. The molecule has 2 aliphatic heterocycles. The van der Waals surface area contributed by atoms with Crippen LogP contribution in [0, 0.1) is 5.41 Å². The molecule has 9 heteroatoms. The van der Waals surface area contributed by atoms with Crippen LogP contribution in [0.15, 0.2) is 0 Å². The Kier molecular flexibility index (Phi) is 5.36. The molecule has 0 saturated carbocycles. The molecule has 140 valence electrons. The van der Waals surface area contributed by atoms with E-state index in [4.69, 9.17) is 9.57 Å². The lowest BCUT2D eigenvalue weighted by atomic mass is 9.77. The van der Waals surface area contributed by atoms with Crippen molar-refractivity contribution >= 4 is 23.9 Å². The molecule has 0 aromatic heterocycles. The van der Waals surface area contributed by atoms with Gasteiger partial charge < -0.3 is 14.4 Å². The second kappa shape index (κ2) is 6.99. The number of carbonyl (C=O) groups excluding carboxylic acids is 4. The second-order valence-corrected chi connectivity index (χ2v) is 7.27. The standard InChI is InChI=1S/C16H24N2O7/c1-15(2,3)25-14(22)17-7-5-16(6-8-17)9-11(19)18(13(16)21)24-10-12(20)23-4/h5-10H2,1-4H3. The van der Waals surface area contributed by atoms with E-state index in [9.17, 15) is 19.2 Å². The first-order valence-electron chi connectivity index (χ1n) is 8.13. The van der Waals surface area contributed by atoms with E-state index in [0.717, 1.165) is 0 Å². The van der Waals surface area contributed by atoms with E-state index in [1.807, 2.05) is 0 Å². The van der Waals surface area contributed by atoms with Gasteiger partial charge in [-0.3, -0.25) is 14.4 Å². The number of hydrogen-bond donors (Lipinski definition) is 0. The van der Waals surface area contributed by atoms with Gasteiger partial charge in [0.1, 0.15) is 5.60 Å². The first-order chi connectivity index (χ1) is 11.6. The van der Waals surface area contributed by atoms with Crippen molar-refractivity contribution in [2.24, 2.45) is 5.41 Å². The van der Waals surface area contributed by atoms with Crippen LogP contribution < -0.4 is 0 Å². The third-order valence-electron chi connectivity index (χ3n) is 4.27. The van der Waals surface area contributed by atoms with Gasteiger partial charge in [0.25, 0.3) is 11.8 Å². The van der Waals surface area contributed by atoms with Gasteiger partial charge >= 0.3 is 12.1 Å². The van der Waals surface area contributed by atoms with E-state index >= 15 is 0 Å². The molecule has 3 amide bonds. The van der Waals surface area contributed by atoms with E-state index < -0.39 is 41.5 Å². The number of methoxy groups -OCH3 is 1. The summed E-state index contributed by atoms with van der Waals surface area (Å²) in [6, 6.07) is 0. The number of esters is 1. The zero-order valence-electron chi connectivity index (χ0n) is 15.0. The fourth-order valence-corrected chi connectivity index (χ4v) is 2.91. The molecule has 0 bridgehead atoms. The molecule has 2 heterocycles. The number of amides is 3. The Bertz CT molecular complexity index is 574. The van der Waals surface area contributed by atoms with Crippen molar-refractivity contribution in [3.05, 3.63) is 0 Å². The molecule has 0 aliphatic carbocycles. The number of rotatable bonds is 3. The lowest BCUT2D eigenvalue weighted by Crippen LogP contribution is -2.48. The van der Waals surface area contributed by atoms with Crippen LogP contribution in [0.4, 0.5) is 4.79 Å². The molecule has 2 saturated heterocycles. The number of imide groups is 1. The van der Waals surface area contributed by atoms with Crippen LogP contribution >= 0.6 is 0 Å². The molecular weight excluding hydrogens is 332 g/mol. The van der Waals surface area contributed by atoms with Crippen molar-refractivity contribution in [1.82, 2.24) is 9.96 Å². The van der Waals surface area contributed by atoms with Gasteiger partial charge in [-0.1, -0.05) is 0 Å². The zero-order chi connectivity index (χ0) is 18.8. The SMILES string of the molecule is COC(=O)CON1C(=O)CC2(CCN(C(=O)OC(C)(C)C)CC2)C1=O. The predicted octanol–water partition coefficient (Wildman–Crippen LogP) is 0.867. The van der Waals surface area contributed by atoms with Gasteiger partial charge in [-0.25, -0.2) is 9.59 Å². The van der Waals surface area contributed by atoms with Gasteiger partial charge in [0.2, 0.25) is 0 Å². The number of ether oxygens (including phenoxy) is 2. The number of piperidine rings is 1. The minimum Gasteiger partial charge on any atom is -0.467 e. The highest BCUT2D eigenvalue weighted by atomic mass is 16.7. The normalized spacial score (nSPS) is 20.2. The van der Waals surface area contributed by atoms with E-state index in [-0.39, 0.29) is 6.42 Å². The Morgan fingerprint density at radius 2 is 1.76 bits per heavy atom. The van der Waals surface area contributed by atoms with Gasteiger partial charge in [-0.15, -0.1) is 0 Å². The maximum Gasteiger partial charge on any atom is 0.410 e. The van der Waals surface area contributed by atoms with Gasteiger partial charge in [0.05, 0.1) is 12.5 Å². The summed E-state index contributed by atoms with van der Waals surface area (Å²) in [6.07, 6.45) is 0.261. The molecule has 0 unspecified atom stereocenters. The summed E-state index contributed by atoms with van der Waals surface area (Å²) in [4.78, 5) is 54.4. The first-order valence-corrected chi connectivity index (χ1v) is 8.13. The third kappa shape index (κ3) is 4.28. The predicted molar refractivity (Wildman–Crippen MR) is 83.9 cm³/mol. The van der Waals surface area contributed by atoms with Crippen LogP contribution in [0.2, 0.25) is 0 Å². The summed E-state index contributed by atoms with van der Waals surface area (Å²) < 4.78 is 9.75. The maximum absolute atomic E-state index is 12.6. The van der Waals surface area contributed by atoms with Crippen LogP contribution in [0.1, 0.15) is 40.0 Å². The molecule has 2 aliphatic rings. The summed E-state index contributed by atoms with van der Waals surface area (Å²) in [6.45, 7) is 5.48. The van der Waals surface area contributed by atoms with Gasteiger partial charge in [-0.05, 0) is 33.6 Å². The molecule has 0 radical (unpaired) electrons. The summed E-state index contributed by atoms with van der Waals surface area (Å²) in [5.41, 5.74) is -1.48. The average Bonchev–Trinajstić information content (AvgIpc) is 2.74. The van der Waals surface area contributed by atoms with E-state index in [2.05, 4.69) is 4.74 Å². The van der Waals surface area contributed by atoms with Crippen LogP contribution in [-0.4, -0.2) is 66.2 Å². The summed E-state index contributed by atoms with van der Waals surface area (Å²) in [5.74, 6) is -1.63. The average molecular weight is 356 g/mol. The smallest absolute Gasteiger partial charge is 0.410 e. The summed E-state index contributed by atoms with van der Waals surface area (Å²) in [7, 11) is 1.19.